The summed E-state index contributed by atoms with van der Waals surface area (Å²) in [7, 11) is 0. The summed E-state index contributed by atoms with van der Waals surface area (Å²) < 4.78 is 11.5. The van der Waals surface area contributed by atoms with Gasteiger partial charge in [0.25, 0.3) is 5.91 Å². The molecule has 1 amide bonds. The first-order valence-electron chi connectivity index (χ1n) is 13.3. The molecule has 4 aromatic rings. The van der Waals surface area contributed by atoms with Crippen molar-refractivity contribution in [2.45, 2.75) is 53.2 Å². The first kappa shape index (κ1) is 28.5. The number of halogens is 2. The lowest BCUT2D eigenvalue weighted by Gasteiger charge is -2.33. The van der Waals surface area contributed by atoms with Gasteiger partial charge in [-0.25, -0.2) is 4.99 Å². The maximum Gasteiger partial charge on any atom is 0.255 e. The Hall–Kier alpha value is -3.06. The van der Waals surface area contributed by atoms with Crippen LogP contribution in [0, 0.1) is 11.3 Å². The fourth-order valence-corrected chi connectivity index (χ4v) is 6.68. The fraction of sp³-hybridized carbons (Fsp3) is 0.312. The van der Waals surface area contributed by atoms with E-state index in [4.69, 9.17) is 37.3 Å². The van der Waals surface area contributed by atoms with Crippen molar-refractivity contribution in [3.05, 3.63) is 104 Å². The summed E-state index contributed by atoms with van der Waals surface area (Å²) in [5.74, 6) is 1.82. The molecule has 1 atom stereocenters. The Kier molecular flexibility index (Phi) is 8.69. The summed E-state index contributed by atoms with van der Waals surface area (Å²) in [6.07, 6.45) is 6.27. The average Bonchev–Trinajstić information content (AvgIpc) is 3.57. The molecule has 0 unspecified atom stereocenters. The van der Waals surface area contributed by atoms with Gasteiger partial charge in [-0.05, 0) is 72.6 Å². The number of carbonyl (C=O) groups excluding carboxylic acids is 1. The minimum Gasteiger partial charge on any atom is -0.488 e. The van der Waals surface area contributed by atoms with Crippen LogP contribution in [0.2, 0.25) is 10.0 Å². The number of fused-ring (bicyclic) bond motifs is 1. The van der Waals surface area contributed by atoms with E-state index in [0.29, 0.717) is 51.2 Å². The molecule has 0 spiro atoms. The largest absolute Gasteiger partial charge is 0.488 e. The Morgan fingerprint density at radius 3 is 2.75 bits per heavy atom. The minimum absolute atomic E-state index is 0.128. The maximum absolute atomic E-state index is 13.5. The number of carbonyl (C=O) groups is 1. The van der Waals surface area contributed by atoms with Gasteiger partial charge in [0.2, 0.25) is 0 Å². The van der Waals surface area contributed by atoms with Gasteiger partial charge in [-0.1, -0.05) is 62.2 Å². The number of para-hydroxylation sites is 1. The third kappa shape index (κ3) is 6.63. The number of amides is 1. The highest BCUT2D eigenvalue weighted by molar-refractivity contribution is 7.16. The van der Waals surface area contributed by atoms with E-state index in [0.717, 1.165) is 36.0 Å². The van der Waals surface area contributed by atoms with Crippen LogP contribution in [0.4, 0.5) is 5.00 Å². The van der Waals surface area contributed by atoms with Crippen LogP contribution in [0.5, 0.6) is 5.75 Å². The second-order valence-corrected chi connectivity index (χ2v) is 13.0. The average molecular weight is 596 g/mol. The molecule has 0 aliphatic heterocycles. The number of aliphatic imine (C=N–C) groups is 1. The Morgan fingerprint density at radius 2 is 2.00 bits per heavy atom. The van der Waals surface area contributed by atoms with E-state index < -0.39 is 0 Å². The summed E-state index contributed by atoms with van der Waals surface area (Å²) in [4.78, 5) is 19.6. The van der Waals surface area contributed by atoms with E-state index in [9.17, 15) is 4.79 Å². The van der Waals surface area contributed by atoms with Crippen LogP contribution in [0.3, 0.4) is 0 Å². The van der Waals surface area contributed by atoms with Gasteiger partial charge in [0.1, 0.15) is 23.1 Å². The number of hydrogen-bond acceptors (Lipinski definition) is 5. The quantitative estimate of drug-likeness (QED) is 0.207. The van der Waals surface area contributed by atoms with Crippen molar-refractivity contribution >= 4 is 51.7 Å². The summed E-state index contributed by atoms with van der Waals surface area (Å²) in [5, 5.41) is 4.88. The van der Waals surface area contributed by atoms with E-state index in [1.165, 1.54) is 4.88 Å². The zero-order chi connectivity index (χ0) is 28.3. The Balaban J connectivity index is 1.42. The molecule has 0 bridgehead atoms. The van der Waals surface area contributed by atoms with Crippen LogP contribution >= 0.6 is 34.5 Å². The topological polar surface area (TPSA) is 63.8 Å². The molecular weight excluding hydrogens is 563 g/mol. The van der Waals surface area contributed by atoms with Crippen molar-refractivity contribution in [1.82, 2.24) is 5.32 Å². The lowest BCUT2D eigenvalue weighted by molar-refractivity contribution is 0.0947. The number of nitrogens with zero attached hydrogens (tertiary/aromatic N) is 1. The molecule has 2 aromatic carbocycles. The highest BCUT2D eigenvalue weighted by atomic mass is 35.5. The van der Waals surface area contributed by atoms with Crippen LogP contribution in [0.1, 0.15) is 64.9 Å². The zero-order valence-corrected chi connectivity index (χ0v) is 25.1. The molecule has 5 nitrogen and oxygen atoms in total. The molecule has 0 saturated carbocycles. The molecule has 1 aliphatic carbocycles. The standard InChI is InChI=1S/C32H32Cl2N2O3S/c1-32(2,3)22-11-13-25-28(15-22)40-31(29(25)30(37)35-18-24-8-6-14-38-24)36-17-20-7-4-5-9-27(20)39-19-21-10-12-23(33)16-26(21)34/h4-10,12,14,16-17,22H,11,13,15,18-19H2,1-3H3,(H,35,37)/t22-/m0/s1. The van der Waals surface area contributed by atoms with Gasteiger partial charge in [-0.2, -0.15) is 0 Å². The molecule has 8 heteroatoms. The Labute approximate surface area is 249 Å². The molecule has 1 aliphatic rings. The highest BCUT2D eigenvalue weighted by Crippen LogP contribution is 2.45. The van der Waals surface area contributed by atoms with Gasteiger partial charge in [0.05, 0.1) is 18.4 Å². The molecule has 5 rings (SSSR count). The summed E-state index contributed by atoms with van der Waals surface area (Å²) in [6.45, 7) is 7.50. The Morgan fingerprint density at radius 1 is 1.18 bits per heavy atom. The van der Waals surface area contributed by atoms with Crippen molar-refractivity contribution in [3.8, 4) is 5.75 Å². The van der Waals surface area contributed by atoms with Crippen LogP contribution in [0.25, 0.3) is 0 Å². The van der Waals surface area contributed by atoms with Gasteiger partial charge < -0.3 is 14.5 Å². The molecule has 0 fully saturated rings. The number of benzene rings is 2. The molecule has 0 saturated heterocycles. The Bertz CT molecular complexity index is 1520. The smallest absolute Gasteiger partial charge is 0.255 e. The number of nitrogens with one attached hydrogen (secondary N) is 1. The number of furan rings is 1. The predicted octanol–water partition coefficient (Wildman–Crippen LogP) is 9.06. The van der Waals surface area contributed by atoms with Crippen molar-refractivity contribution < 1.29 is 13.9 Å². The monoisotopic (exact) mass is 594 g/mol. The van der Waals surface area contributed by atoms with Crippen LogP contribution in [0.15, 0.2) is 70.3 Å². The molecule has 40 heavy (non-hydrogen) atoms. The summed E-state index contributed by atoms with van der Waals surface area (Å²) in [5.41, 5.74) is 3.65. The summed E-state index contributed by atoms with van der Waals surface area (Å²) >= 11 is 14.0. The third-order valence-corrected chi connectivity index (χ3v) is 9.09. The van der Waals surface area contributed by atoms with E-state index >= 15 is 0 Å². The van der Waals surface area contributed by atoms with Gasteiger partial charge in [-0.3, -0.25) is 4.79 Å². The second-order valence-electron chi connectivity index (χ2n) is 11.1. The predicted molar refractivity (Wildman–Crippen MR) is 164 cm³/mol. The molecule has 2 heterocycles. The summed E-state index contributed by atoms with van der Waals surface area (Å²) in [6, 6.07) is 16.7. The third-order valence-electron chi connectivity index (χ3n) is 7.34. The lowest BCUT2D eigenvalue weighted by Crippen LogP contribution is -2.28. The minimum atomic E-state index is -0.128. The van der Waals surface area contributed by atoms with Crippen LogP contribution < -0.4 is 10.1 Å². The SMILES string of the molecule is CC(C)(C)[C@H]1CCc2c(sc(N=Cc3ccccc3OCc3ccc(Cl)cc3Cl)c2C(=O)NCc2ccco2)C1. The van der Waals surface area contributed by atoms with E-state index in [1.54, 1.807) is 35.9 Å². The van der Waals surface area contributed by atoms with E-state index in [1.807, 2.05) is 42.5 Å². The van der Waals surface area contributed by atoms with E-state index in [2.05, 4.69) is 26.1 Å². The number of thiophene rings is 1. The molecular formula is C32H32Cl2N2O3S. The first-order valence-corrected chi connectivity index (χ1v) is 14.9. The van der Waals surface area contributed by atoms with Gasteiger partial charge >= 0.3 is 0 Å². The highest BCUT2D eigenvalue weighted by Gasteiger charge is 2.33. The molecule has 0 radical (unpaired) electrons. The zero-order valence-electron chi connectivity index (χ0n) is 22.8. The number of ether oxygens (including phenoxy) is 1. The fourth-order valence-electron chi connectivity index (χ4n) is 4.95. The number of rotatable bonds is 8. The number of hydrogen-bond donors (Lipinski definition) is 1. The lowest BCUT2D eigenvalue weighted by atomic mass is 9.72. The van der Waals surface area contributed by atoms with Gasteiger partial charge in [0.15, 0.2) is 0 Å². The normalized spacial score (nSPS) is 15.3. The van der Waals surface area contributed by atoms with Crippen LogP contribution in [-0.2, 0) is 26.0 Å². The van der Waals surface area contributed by atoms with Crippen molar-refractivity contribution in [2.75, 3.05) is 0 Å². The molecule has 2 aromatic heterocycles. The van der Waals surface area contributed by atoms with Crippen molar-refractivity contribution in [2.24, 2.45) is 16.3 Å². The van der Waals surface area contributed by atoms with Crippen LogP contribution in [-0.4, -0.2) is 12.1 Å². The first-order chi connectivity index (χ1) is 19.2. The van der Waals surface area contributed by atoms with Crippen molar-refractivity contribution in [3.63, 3.8) is 0 Å². The van der Waals surface area contributed by atoms with E-state index in [-0.39, 0.29) is 11.3 Å². The van der Waals surface area contributed by atoms with Gasteiger partial charge in [-0.15, -0.1) is 11.3 Å². The van der Waals surface area contributed by atoms with Crippen molar-refractivity contribution in [1.29, 1.82) is 0 Å². The maximum atomic E-state index is 13.5. The van der Waals surface area contributed by atoms with Gasteiger partial charge in [0, 0.05) is 32.3 Å². The second kappa shape index (κ2) is 12.2. The molecule has 208 valence electrons. The molecule has 1 N–H and O–H groups in total.